The highest BCUT2D eigenvalue weighted by Gasteiger charge is 2.28. The van der Waals surface area contributed by atoms with E-state index >= 15 is 0 Å². The average molecular weight is 412 g/mol. The molecule has 2 N–H and O–H groups in total. The summed E-state index contributed by atoms with van der Waals surface area (Å²) in [4.78, 5) is 36.8. The molecule has 9 heteroatoms. The van der Waals surface area contributed by atoms with Crippen LogP contribution in [0.3, 0.4) is 0 Å². The Kier molecular flexibility index (Phi) is 5.43. The van der Waals surface area contributed by atoms with E-state index in [0.29, 0.717) is 42.5 Å². The van der Waals surface area contributed by atoms with E-state index in [1.54, 1.807) is 22.8 Å². The van der Waals surface area contributed by atoms with Crippen molar-refractivity contribution in [2.75, 3.05) is 5.32 Å². The lowest BCUT2D eigenvalue weighted by atomic mass is 9.85. The van der Waals surface area contributed by atoms with E-state index in [2.05, 4.69) is 20.3 Å². The molecule has 1 saturated carbocycles. The lowest BCUT2D eigenvalue weighted by Gasteiger charge is -2.28. The number of hydrogen-bond donors (Lipinski definition) is 2. The van der Waals surface area contributed by atoms with Crippen LogP contribution in [0.25, 0.3) is 11.1 Å². The van der Waals surface area contributed by atoms with Crippen molar-refractivity contribution in [3.63, 3.8) is 0 Å². The zero-order chi connectivity index (χ0) is 21.3. The number of aromatic nitrogens is 2. The first-order valence-electron chi connectivity index (χ1n) is 10.1. The third-order valence-corrected chi connectivity index (χ3v) is 5.50. The second-order valence-electron chi connectivity index (χ2n) is 7.91. The molecule has 0 radical (unpaired) electrons. The molecule has 4 rings (SSSR count). The maximum Gasteiger partial charge on any atom is 0.420 e. The van der Waals surface area contributed by atoms with Crippen molar-refractivity contribution in [3.05, 3.63) is 46.8 Å². The summed E-state index contributed by atoms with van der Waals surface area (Å²) in [7, 11) is 0. The highest BCUT2D eigenvalue weighted by Crippen LogP contribution is 2.27. The lowest BCUT2D eigenvalue weighted by molar-refractivity contribution is -0.120. The van der Waals surface area contributed by atoms with Crippen LogP contribution in [0.1, 0.15) is 56.1 Å². The molecule has 2 aromatic heterocycles. The molecule has 1 fully saturated rings. The first-order chi connectivity index (χ1) is 14.4. The number of hydrogen-bond acceptors (Lipinski definition) is 6. The van der Waals surface area contributed by atoms with Crippen molar-refractivity contribution in [1.82, 2.24) is 15.0 Å². The summed E-state index contributed by atoms with van der Waals surface area (Å²) in [6.45, 7) is 3.83. The monoisotopic (exact) mass is 412 g/mol. The van der Waals surface area contributed by atoms with Crippen LogP contribution in [0.4, 0.5) is 5.69 Å². The number of carbonyl (C=O) groups is 2. The number of nitrogens with zero attached hydrogens (tertiary/aromatic N) is 2. The average Bonchev–Trinajstić information content (AvgIpc) is 3.35. The van der Waals surface area contributed by atoms with E-state index in [4.69, 9.17) is 4.42 Å². The van der Waals surface area contributed by atoms with Crippen molar-refractivity contribution < 1.29 is 18.5 Å². The number of nitrogens with one attached hydrogen (secondary N) is 2. The zero-order valence-electron chi connectivity index (χ0n) is 16.9. The number of carbonyl (C=O) groups excluding carboxylic acids is 2. The highest BCUT2D eigenvalue weighted by molar-refractivity contribution is 5.94. The quantitative estimate of drug-likeness (QED) is 0.665. The van der Waals surface area contributed by atoms with Crippen LogP contribution in [0.2, 0.25) is 0 Å². The molecular weight excluding hydrogens is 388 g/mol. The molecule has 0 spiro atoms. The van der Waals surface area contributed by atoms with Crippen molar-refractivity contribution in [2.45, 2.75) is 51.6 Å². The molecule has 3 aromatic rings. The maximum atomic E-state index is 12.7. The summed E-state index contributed by atoms with van der Waals surface area (Å²) in [5.41, 5.74) is 2.00. The first kappa shape index (κ1) is 19.9. The van der Waals surface area contributed by atoms with E-state index in [9.17, 15) is 14.4 Å². The molecule has 0 saturated heterocycles. The Morgan fingerprint density at radius 2 is 1.93 bits per heavy atom. The van der Waals surface area contributed by atoms with E-state index in [0.717, 1.165) is 0 Å². The third kappa shape index (κ3) is 4.00. The molecule has 1 aliphatic rings. The summed E-state index contributed by atoms with van der Waals surface area (Å²) in [6, 6.07) is 6.75. The molecule has 30 heavy (non-hydrogen) atoms. The topological polar surface area (TPSA) is 119 Å². The first-order valence-corrected chi connectivity index (χ1v) is 10.1. The predicted octanol–water partition coefficient (Wildman–Crippen LogP) is 3.09. The van der Waals surface area contributed by atoms with Gasteiger partial charge in [0, 0.05) is 35.8 Å². The fraction of sp³-hybridized carbons (Fsp3) is 0.429. The predicted molar refractivity (Wildman–Crippen MR) is 109 cm³/mol. The van der Waals surface area contributed by atoms with E-state index in [1.807, 2.05) is 13.8 Å². The summed E-state index contributed by atoms with van der Waals surface area (Å²) in [5.74, 6) is -0.872. The van der Waals surface area contributed by atoms with Gasteiger partial charge in [0.05, 0.1) is 5.52 Å². The minimum Gasteiger partial charge on any atom is -0.408 e. The van der Waals surface area contributed by atoms with Gasteiger partial charge in [-0.25, -0.2) is 4.79 Å². The molecule has 1 aromatic carbocycles. The molecule has 2 amide bonds. The van der Waals surface area contributed by atoms with Gasteiger partial charge in [0.1, 0.15) is 6.26 Å². The highest BCUT2D eigenvalue weighted by atomic mass is 16.5. The Balaban J connectivity index is 1.35. The van der Waals surface area contributed by atoms with Crippen LogP contribution < -0.4 is 16.4 Å². The Morgan fingerprint density at radius 1 is 1.17 bits per heavy atom. The summed E-state index contributed by atoms with van der Waals surface area (Å²) in [6.07, 6.45) is 4.14. The molecule has 0 aliphatic heterocycles. The fourth-order valence-electron chi connectivity index (χ4n) is 3.94. The van der Waals surface area contributed by atoms with Gasteiger partial charge in [-0.3, -0.25) is 14.2 Å². The number of benzene rings is 1. The standard InChI is InChI=1S/C21H24N4O5/c1-12(2)25-17-8-7-15(11-18(17)30-21(25)28)23-19(26)13-3-5-14(6-4-13)22-20(27)16-9-10-29-24-16/h7-14H,3-6H2,1-2H3,(H,22,27)(H,23,26). The summed E-state index contributed by atoms with van der Waals surface area (Å²) >= 11 is 0. The molecule has 9 nitrogen and oxygen atoms in total. The van der Waals surface area contributed by atoms with Crippen LogP contribution >= 0.6 is 0 Å². The number of fused-ring (bicyclic) bond motifs is 1. The van der Waals surface area contributed by atoms with E-state index < -0.39 is 5.76 Å². The number of amides is 2. The van der Waals surface area contributed by atoms with Gasteiger partial charge in [-0.2, -0.15) is 0 Å². The van der Waals surface area contributed by atoms with Gasteiger partial charge < -0.3 is 19.6 Å². The third-order valence-electron chi connectivity index (χ3n) is 5.50. The molecule has 0 unspecified atom stereocenters. The van der Waals surface area contributed by atoms with Crippen molar-refractivity contribution in [3.8, 4) is 0 Å². The molecule has 0 bridgehead atoms. The van der Waals surface area contributed by atoms with Crippen LogP contribution in [-0.2, 0) is 4.79 Å². The van der Waals surface area contributed by atoms with Crippen LogP contribution in [0, 0.1) is 5.92 Å². The number of rotatable bonds is 5. The summed E-state index contributed by atoms with van der Waals surface area (Å²) in [5, 5.41) is 9.48. The number of anilines is 1. The van der Waals surface area contributed by atoms with Gasteiger partial charge in [-0.15, -0.1) is 0 Å². The fourth-order valence-corrected chi connectivity index (χ4v) is 3.94. The smallest absolute Gasteiger partial charge is 0.408 e. The van der Waals surface area contributed by atoms with Gasteiger partial charge >= 0.3 is 5.76 Å². The largest absolute Gasteiger partial charge is 0.420 e. The van der Waals surface area contributed by atoms with Gasteiger partial charge in [-0.05, 0) is 51.7 Å². The Morgan fingerprint density at radius 3 is 2.60 bits per heavy atom. The molecule has 1 aliphatic carbocycles. The van der Waals surface area contributed by atoms with Crippen molar-refractivity contribution in [1.29, 1.82) is 0 Å². The van der Waals surface area contributed by atoms with Crippen molar-refractivity contribution in [2.24, 2.45) is 5.92 Å². The normalized spacial score (nSPS) is 19.2. The van der Waals surface area contributed by atoms with Crippen LogP contribution in [0.5, 0.6) is 0 Å². The van der Waals surface area contributed by atoms with E-state index in [1.165, 1.54) is 12.3 Å². The second kappa shape index (κ2) is 8.17. The lowest BCUT2D eigenvalue weighted by Crippen LogP contribution is -2.39. The SMILES string of the molecule is CC(C)n1c(=O)oc2cc(NC(=O)C3CCC(NC(=O)c4ccon4)CC3)ccc21. The van der Waals surface area contributed by atoms with Gasteiger partial charge in [0.15, 0.2) is 11.3 Å². The van der Waals surface area contributed by atoms with Crippen LogP contribution in [0.15, 0.2) is 44.3 Å². The summed E-state index contributed by atoms with van der Waals surface area (Å²) < 4.78 is 11.6. The molecule has 158 valence electrons. The van der Waals surface area contributed by atoms with Gasteiger partial charge in [0.2, 0.25) is 5.91 Å². The Hall–Kier alpha value is -3.36. The van der Waals surface area contributed by atoms with Gasteiger partial charge in [0.25, 0.3) is 5.91 Å². The molecule has 2 heterocycles. The minimum absolute atomic E-state index is 0.0136. The zero-order valence-corrected chi connectivity index (χ0v) is 16.9. The Labute approximate surface area is 172 Å². The molecular formula is C21H24N4O5. The second-order valence-corrected chi connectivity index (χ2v) is 7.91. The van der Waals surface area contributed by atoms with Crippen molar-refractivity contribution >= 4 is 28.6 Å². The maximum absolute atomic E-state index is 12.7. The van der Waals surface area contributed by atoms with Gasteiger partial charge in [-0.1, -0.05) is 5.16 Å². The minimum atomic E-state index is -0.408. The van der Waals surface area contributed by atoms with E-state index in [-0.39, 0.29) is 35.5 Å². The Bertz CT molecular complexity index is 1100. The molecule has 0 atom stereocenters. The van der Waals surface area contributed by atoms with Crippen LogP contribution in [-0.4, -0.2) is 27.6 Å². The number of oxazole rings is 1.